The minimum Gasteiger partial charge on any atom is -0.352 e. The SMILES string of the molecule is CC(C)Cc1ccc(C(=O)NC(Cc2ccccc2)C(=O)NC2CC2)s1. The van der Waals surface area contributed by atoms with E-state index in [0.717, 1.165) is 24.8 Å². The first kappa shape index (κ1) is 18.6. The number of rotatable bonds is 8. The molecule has 138 valence electrons. The van der Waals surface area contributed by atoms with Crippen LogP contribution in [0.4, 0.5) is 0 Å². The Hall–Kier alpha value is -2.14. The zero-order chi connectivity index (χ0) is 18.5. The molecule has 2 N–H and O–H groups in total. The highest BCUT2D eigenvalue weighted by molar-refractivity contribution is 7.14. The molecule has 1 unspecified atom stereocenters. The number of nitrogens with one attached hydrogen (secondary N) is 2. The molecule has 0 spiro atoms. The van der Waals surface area contributed by atoms with E-state index >= 15 is 0 Å². The lowest BCUT2D eigenvalue weighted by atomic mass is 10.1. The first-order valence-electron chi connectivity index (χ1n) is 9.25. The Morgan fingerprint density at radius 1 is 1.08 bits per heavy atom. The van der Waals surface area contributed by atoms with Gasteiger partial charge in [-0.15, -0.1) is 11.3 Å². The maximum absolute atomic E-state index is 12.7. The second-order valence-corrected chi connectivity index (χ2v) is 8.53. The zero-order valence-corrected chi connectivity index (χ0v) is 16.1. The minimum absolute atomic E-state index is 0.0938. The molecule has 0 saturated heterocycles. The van der Waals surface area contributed by atoms with Crippen LogP contribution in [0.1, 0.15) is 46.8 Å². The summed E-state index contributed by atoms with van der Waals surface area (Å²) in [5, 5.41) is 5.95. The summed E-state index contributed by atoms with van der Waals surface area (Å²) in [5.41, 5.74) is 1.04. The molecule has 5 heteroatoms. The number of carbonyl (C=O) groups excluding carboxylic acids is 2. The summed E-state index contributed by atoms with van der Waals surface area (Å²) in [4.78, 5) is 27.1. The lowest BCUT2D eigenvalue weighted by Crippen LogP contribution is -2.48. The molecule has 0 radical (unpaired) electrons. The highest BCUT2D eigenvalue weighted by Gasteiger charge is 2.29. The van der Waals surface area contributed by atoms with Crippen molar-refractivity contribution in [2.75, 3.05) is 0 Å². The Morgan fingerprint density at radius 2 is 1.81 bits per heavy atom. The van der Waals surface area contributed by atoms with Crippen LogP contribution in [0.3, 0.4) is 0 Å². The second-order valence-electron chi connectivity index (χ2n) is 7.36. The van der Waals surface area contributed by atoms with Crippen molar-refractivity contribution in [2.45, 2.75) is 51.6 Å². The number of hydrogen-bond acceptors (Lipinski definition) is 3. The Kier molecular flexibility index (Phi) is 6.09. The molecule has 3 rings (SSSR count). The molecule has 1 saturated carbocycles. The van der Waals surface area contributed by atoms with Gasteiger partial charge in [-0.3, -0.25) is 9.59 Å². The summed E-state index contributed by atoms with van der Waals surface area (Å²) >= 11 is 1.51. The largest absolute Gasteiger partial charge is 0.352 e. The molecule has 4 nitrogen and oxygen atoms in total. The van der Waals surface area contributed by atoms with Gasteiger partial charge in [0.15, 0.2) is 0 Å². The van der Waals surface area contributed by atoms with Crippen LogP contribution in [-0.2, 0) is 17.6 Å². The Morgan fingerprint density at radius 3 is 2.46 bits per heavy atom. The van der Waals surface area contributed by atoms with Crippen LogP contribution < -0.4 is 10.6 Å². The van der Waals surface area contributed by atoms with Crippen molar-refractivity contribution in [1.29, 1.82) is 0 Å². The highest BCUT2D eigenvalue weighted by atomic mass is 32.1. The van der Waals surface area contributed by atoms with Gasteiger partial charge < -0.3 is 10.6 Å². The Bertz CT molecular complexity index is 750. The zero-order valence-electron chi connectivity index (χ0n) is 15.3. The summed E-state index contributed by atoms with van der Waals surface area (Å²) in [7, 11) is 0. The van der Waals surface area contributed by atoms with E-state index < -0.39 is 6.04 Å². The van der Waals surface area contributed by atoms with Crippen LogP contribution >= 0.6 is 11.3 Å². The van der Waals surface area contributed by atoms with Gasteiger partial charge in [-0.05, 0) is 42.9 Å². The van der Waals surface area contributed by atoms with Gasteiger partial charge in [0.1, 0.15) is 6.04 Å². The molecule has 1 aromatic heterocycles. The second kappa shape index (κ2) is 8.49. The molecule has 1 aliphatic carbocycles. The molecule has 0 aliphatic heterocycles. The summed E-state index contributed by atoms with van der Waals surface area (Å²) in [6.07, 6.45) is 3.52. The molecule has 1 heterocycles. The van der Waals surface area contributed by atoms with Gasteiger partial charge in [-0.2, -0.15) is 0 Å². The first-order chi connectivity index (χ1) is 12.5. The van der Waals surface area contributed by atoms with E-state index in [1.165, 1.54) is 16.2 Å². The van der Waals surface area contributed by atoms with Crippen LogP contribution in [0.5, 0.6) is 0 Å². The molecule has 1 aliphatic rings. The van der Waals surface area contributed by atoms with E-state index in [2.05, 4.69) is 24.5 Å². The quantitative estimate of drug-likeness (QED) is 0.746. The number of amides is 2. The molecule has 0 bridgehead atoms. The number of carbonyl (C=O) groups is 2. The minimum atomic E-state index is -0.554. The van der Waals surface area contributed by atoms with Crippen molar-refractivity contribution in [3.05, 3.63) is 57.8 Å². The van der Waals surface area contributed by atoms with E-state index in [-0.39, 0.29) is 17.9 Å². The fraction of sp³-hybridized carbons (Fsp3) is 0.429. The molecule has 1 atom stereocenters. The smallest absolute Gasteiger partial charge is 0.262 e. The summed E-state index contributed by atoms with van der Waals surface area (Å²) in [6, 6.07) is 13.4. The van der Waals surface area contributed by atoms with Crippen molar-refractivity contribution < 1.29 is 9.59 Å². The lowest BCUT2D eigenvalue weighted by Gasteiger charge is -2.18. The lowest BCUT2D eigenvalue weighted by molar-refractivity contribution is -0.123. The average molecular weight is 371 g/mol. The average Bonchev–Trinajstić information content (AvgIpc) is 3.30. The van der Waals surface area contributed by atoms with Gasteiger partial charge in [0.05, 0.1) is 4.88 Å². The molecule has 2 aromatic rings. The third-order valence-corrected chi connectivity index (χ3v) is 5.43. The van der Waals surface area contributed by atoms with Crippen molar-refractivity contribution >= 4 is 23.2 Å². The van der Waals surface area contributed by atoms with Gasteiger partial charge in [0, 0.05) is 17.3 Å². The normalized spacial score (nSPS) is 14.9. The summed E-state index contributed by atoms with van der Waals surface area (Å²) < 4.78 is 0. The van der Waals surface area contributed by atoms with E-state index in [9.17, 15) is 9.59 Å². The van der Waals surface area contributed by atoms with Gasteiger partial charge in [0.2, 0.25) is 5.91 Å². The van der Waals surface area contributed by atoms with Crippen molar-refractivity contribution in [2.24, 2.45) is 5.92 Å². The molecular formula is C21H26N2O2S. The van der Waals surface area contributed by atoms with Crippen molar-refractivity contribution in [1.82, 2.24) is 10.6 Å². The van der Waals surface area contributed by atoms with Crippen LogP contribution in [0.15, 0.2) is 42.5 Å². The van der Waals surface area contributed by atoms with Gasteiger partial charge in [-0.25, -0.2) is 0 Å². The topological polar surface area (TPSA) is 58.2 Å². The molecular weight excluding hydrogens is 344 g/mol. The molecule has 1 fully saturated rings. The van der Waals surface area contributed by atoms with E-state index in [4.69, 9.17) is 0 Å². The van der Waals surface area contributed by atoms with E-state index in [0.29, 0.717) is 17.2 Å². The Balaban J connectivity index is 1.68. The van der Waals surface area contributed by atoms with Crippen molar-refractivity contribution in [3.63, 3.8) is 0 Å². The van der Waals surface area contributed by atoms with Gasteiger partial charge in [0.25, 0.3) is 5.91 Å². The fourth-order valence-corrected chi connectivity index (χ4v) is 3.95. The molecule has 26 heavy (non-hydrogen) atoms. The summed E-state index contributed by atoms with van der Waals surface area (Å²) in [6.45, 7) is 4.33. The number of thiophene rings is 1. The van der Waals surface area contributed by atoms with E-state index in [1.807, 2.05) is 42.5 Å². The maximum Gasteiger partial charge on any atom is 0.262 e. The third-order valence-electron chi connectivity index (χ3n) is 4.32. The predicted octanol–water partition coefficient (Wildman–Crippen LogP) is 3.57. The predicted molar refractivity (Wildman–Crippen MR) is 105 cm³/mol. The van der Waals surface area contributed by atoms with Crippen molar-refractivity contribution in [3.8, 4) is 0 Å². The summed E-state index contributed by atoms with van der Waals surface area (Å²) in [5.74, 6) is 0.292. The van der Waals surface area contributed by atoms with E-state index in [1.54, 1.807) is 0 Å². The highest BCUT2D eigenvalue weighted by Crippen LogP contribution is 2.21. The van der Waals surface area contributed by atoms with Crippen LogP contribution in [0.2, 0.25) is 0 Å². The van der Waals surface area contributed by atoms with Crippen LogP contribution in [0.25, 0.3) is 0 Å². The van der Waals surface area contributed by atoms with Gasteiger partial charge in [-0.1, -0.05) is 44.2 Å². The fourth-order valence-electron chi connectivity index (χ4n) is 2.83. The number of hydrogen-bond donors (Lipinski definition) is 2. The van der Waals surface area contributed by atoms with Crippen LogP contribution in [0, 0.1) is 5.92 Å². The standard InChI is InChI=1S/C21H26N2O2S/c1-14(2)12-17-10-11-19(26-17)21(25)23-18(20(24)22-16-8-9-16)13-15-6-4-3-5-7-15/h3-7,10-11,14,16,18H,8-9,12-13H2,1-2H3,(H,22,24)(H,23,25). The number of benzene rings is 1. The third kappa shape index (κ3) is 5.43. The molecule has 1 aromatic carbocycles. The van der Waals surface area contributed by atoms with Crippen LogP contribution in [-0.4, -0.2) is 23.9 Å². The Labute approximate surface area is 159 Å². The maximum atomic E-state index is 12.7. The van der Waals surface area contributed by atoms with Gasteiger partial charge >= 0.3 is 0 Å². The monoisotopic (exact) mass is 370 g/mol. The first-order valence-corrected chi connectivity index (χ1v) is 10.1. The molecule has 2 amide bonds.